The number of aryl methyl sites for hydroxylation is 1. The Kier molecular flexibility index (Phi) is 5.00. The Hall–Kier alpha value is -1.03. The molecule has 3 N–H and O–H groups in total. The number of amides is 1. The second-order valence-electron chi connectivity index (χ2n) is 4.19. The summed E-state index contributed by atoms with van der Waals surface area (Å²) in [4.78, 5) is 12.0. The molecule has 1 aromatic rings. The lowest BCUT2D eigenvalue weighted by molar-refractivity contribution is -0.120. The van der Waals surface area contributed by atoms with Gasteiger partial charge in [0.05, 0.1) is 11.4 Å². The van der Waals surface area contributed by atoms with E-state index in [1.807, 2.05) is 32.9 Å². The summed E-state index contributed by atoms with van der Waals surface area (Å²) >= 11 is 3.40. The lowest BCUT2D eigenvalue weighted by Crippen LogP contribution is -2.22. The number of benzene rings is 1. The molecule has 0 saturated heterocycles. The first-order chi connectivity index (χ1) is 7.99. The molecule has 0 bridgehead atoms. The van der Waals surface area contributed by atoms with Crippen molar-refractivity contribution in [3.05, 3.63) is 22.2 Å². The fourth-order valence-corrected chi connectivity index (χ4v) is 2.32. The summed E-state index contributed by atoms with van der Waals surface area (Å²) in [5, 5.41) is 2.90. The molecule has 3 nitrogen and oxygen atoms in total. The first kappa shape index (κ1) is 14.0. The lowest BCUT2D eigenvalue weighted by atomic mass is 10.0. The maximum absolute atomic E-state index is 12.0. The topological polar surface area (TPSA) is 55.1 Å². The number of nitrogen functional groups attached to an aromatic ring is 1. The summed E-state index contributed by atoms with van der Waals surface area (Å²) in [6.45, 7) is 5.96. The molecule has 0 heterocycles. The highest BCUT2D eigenvalue weighted by Crippen LogP contribution is 2.28. The smallest absolute Gasteiger partial charge is 0.227 e. The van der Waals surface area contributed by atoms with Crippen LogP contribution >= 0.6 is 15.9 Å². The van der Waals surface area contributed by atoms with Crippen LogP contribution in [0.2, 0.25) is 0 Å². The fourth-order valence-electron chi connectivity index (χ4n) is 1.75. The third-order valence-corrected chi connectivity index (χ3v) is 3.42. The number of hydrogen-bond acceptors (Lipinski definition) is 2. The number of carbonyl (C=O) groups is 1. The Morgan fingerprint density at radius 3 is 2.53 bits per heavy atom. The zero-order chi connectivity index (χ0) is 13.0. The number of nitrogens with one attached hydrogen (secondary N) is 1. The average Bonchev–Trinajstić information content (AvgIpc) is 2.27. The number of halogens is 1. The highest BCUT2D eigenvalue weighted by molar-refractivity contribution is 9.10. The Bertz CT molecular complexity index is 414. The van der Waals surface area contributed by atoms with Crippen LogP contribution < -0.4 is 11.1 Å². The third kappa shape index (κ3) is 3.46. The van der Waals surface area contributed by atoms with Crippen molar-refractivity contribution < 1.29 is 4.79 Å². The van der Waals surface area contributed by atoms with Gasteiger partial charge in [-0.05, 0) is 37.5 Å². The van der Waals surface area contributed by atoms with Crippen molar-refractivity contribution in [2.24, 2.45) is 5.92 Å². The molecule has 0 unspecified atom stereocenters. The van der Waals surface area contributed by atoms with Gasteiger partial charge in [0.15, 0.2) is 0 Å². The lowest BCUT2D eigenvalue weighted by Gasteiger charge is -2.15. The standard InChI is InChI=1S/C13H19BrN2O/c1-4-9(5-2)13(17)16-11-7-10(14)6-8(3)12(11)15/h6-7,9H,4-5,15H2,1-3H3,(H,16,17). The summed E-state index contributed by atoms with van der Waals surface area (Å²) in [6, 6.07) is 3.77. The number of rotatable bonds is 4. The first-order valence-electron chi connectivity index (χ1n) is 5.86. The van der Waals surface area contributed by atoms with Gasteiger partial charge in [0.1, 0.15) is 0 Å². The molecule has 17 heavy (non-hydrogen) atoms. The van der Waals surface area contributed by atoms with E-state index in [0.29, 0.717) is 11.4 Å². The second kappa shape index (κ2) is 6.05. The van der Waals surface area contributed by atoms with Crippen LogP contribution in [0.4, 0.5) is 11.4 Å². The van der Waals surface area contributed by atoms with Crippen molar-refractivity contribution in [3.63, 3.8) is 0 Å². The molecule has 0 atom stereocenters. The number of anilines is 2. The van der Waals surface area contributed by atoms with E-state index in [9.17, 15) is 4.79 Å². The molecule has 94 valence electrons. The summed E-state index contributed by atoms with van der Waals surface area (Å²) in [5.41, 5.74) is 8.23. The Morgan fingerprint density at radius 2 is 2.00 bits per heavy atom. The van der Waals surface area contributed by atoms with Crippen molar-refractivity contribution in [1.29, 1.82) is 0 Å². The minimum Gasteiger partial charge on any atom is -0.397 e. The first-order valence-corrected chi connectivity index (χ1v) is 6.65. The second-order valence-corrected chi connectivity index (χ2v) is 5.10. The van der Waals surface area contributed by atoms with Gasteiger partial charge in [0.2, 0.25) is 5.91 Å². The third-order valence-electron chi connectivity index (χ3n) is 2.97. The quantitative estimate of drug-likeness (QED) is 0.833. The van der Waals surface area contributed by atoms with Crippen molar-refractivity contribution in [3.8, 4) is 0 Å². The highest BCUT2D eigenvalue weighted by atomic mass is 79.9. The van der Waals surface area contributed by atoms with E-state index in [1.165, 1.54) is 0 Å². The van der Waals surface area contributed by atoms with Crippen LogP contribution in [0.15, 0.2) is 16.6 Å². The molecular formula is C13H19BrN2O. The molecule has 0 aliphatic heterocycles. The molecule has 0 aromatic heterocycles. The van der Waals surface area contributed by atoms with Gasteiger partial charge >= 0.3 is 0 Å². The molecule has 0 saturated carbocycles. The number of carbonyl (C=O) groups excluding carboxylic acids is 1. The predicted molar refractivity (Wildman–Crippen MR) is 76.0 cm³/mol. The SMILES string of the molecule is CCC(CC)C(=O)Nc1cc(Br)cc(C)c1N. The summed E-state index contributed by atoms with van der Waals surface area (Å²) in [5.74, 6) is 0.0906. The van der Waals surface area contributed by atoms with E-state index in [4.69, 9.17) is 5.73 Å². The molecule has 0 spiro atoms. The zero-order valence-electron chi connectivity index (χ0n) is 10.5. The van der Waals surface area contributed by atoms with Crippen LogP contribution in [0.25, 0.3) is 0 Å². The molecule has 0 radical (unpaired) electrons. The maximum Gasteiger partial charge on any atom is 0.227 e. The summed E-state index contributed by atoms with van der Waals surface area (Å²) < 4.78 is 0.920. The maximum atomic E-state index is 12.0. The van der Waals surface area contributed by atoms with Crippen molar-refractivity contribution in [2.75, 3.05) is 11.1 Å². The van der Waals surface area contributed by atoms with Gasteiger partial charge < -0.3 is 11.1 Å². The van der Waals surface area contributed by atoms with Gasteiger partial charge in [-0.1, -0.05) is 29.8 Å². The Balaban J connectivity index is 2.92. The monoisotopic (exact) mass is 298 g/mol. The van der Waals surface area contributed by atoms with Gasteiger partial charge in [-0.15, -0.1) is 0 Å². The Labute approximate surface area is 111 Å². The van der Waals surface area contributed by atoms with E-state index >= 15 is 0 Å². The minimum absolute atomic E-state index is 0.0409. The van der Waals surface area contributed by atoms with E-state index in [2.05, 4.69) is 21.2 Å². The molecule has 0 aliphatic carbocycles. The van der Waals surface area contributed by atoms with Crippen molar-refractivity contribution in [2.45, 2.75) is 33.6 Å². The average molecular weight is 299 g/mol. The highest BCUT2D eigenvalue weighted by Gasteiger charge is 2.15. The van der Waals surface area contributed by atoms with E-state index in [0.717, 1.165) is 22.9 Å². The largest absolute Gasteiger partial charge is 0.397 e. The molecule has 1 amide bonds. The van der Waals surface area contributed by atoms with Crippen LogP contribution in [-0.4, -0.2) is 5.91 Å². The number of nitrogens with two attached hydrogens (primary N) is 1. The van der Waals surface area contributed by atoms with Gasteiger partial charge in [-0.25, -0.2) is 0 Å². The molecule has 0 fully saturated rings. The molecular weight excluding hydrogens is 280 g/mol. The normalized spacial score (nSPS) is 10.6. The molecule has 4 heteroatoms. The van der Waals surface area contributed by atoms with Crippen LogP contribution in [0.1, 0.15) is 32.3 Å². The van der Waals surface area contributed by atoms with E-state index < -0.39 is 0 Å². The van der Waals surface area contributed by atoms with E-state index in [1.54, 1.807) is 0 Å². The zero-order valence-corrected chi connectivity index (χ0v) is 12.1. The fraction of sp³-hybridized carbons (Fsp3) is 0.462. The van der Waals surface area contributed by atoms with Crippen molar-refractivity contribution in [1.82, 2.24) is 0 Å². The molecule has 0 aliphatic rings. The summed E-state index contributed by atoms with van der Waals surface area (Å²) in [6.07, 6.45) is 1.68. The van der Waals surface area contributed by atoms with E-state index in [-0.39, 0.29) is 11.8 Å². The number of hydrogen-bond donors (Lipinski definition) is 2. The van der Waals surface area contributed by atoms with Crippen LogP contribution in [-0.2, 0) is 4.79 Å². The summed E-state index contributed by atoms with van der Waals surface area (Å²) in [7, 11) is 0. The van der Waals surface area contributed by atoms with Gasteiger partial charge in [0.25, 0.3) is 0 Å². The molecule has 1 aromatic carbocycles. The minimum atomic E-state index is 0.0409. The van der Waals surface area contributed by atoms with Crippen LogP contribution in [0.5, 0.6) is 0 Å². The van der Waals surface area contributed by atoms with Crippen LogP contribution in [0, 0.1) is 12.8 Å². The predicted octanol–water partition coefficient (Wildman–Crippen LogP) is 3.71. The van der Waals surface area contributed by atoms with Crippen molar-refractivity contribution >= 4 is 33.2 Å². The molecule has 1 rings (SSSR count). The van der Waals surface area contributed by atoms with Crippen LogP contribution in [0.3, 0.4) is 0 Å². The van der Waals surface area contributed by atoms with Gasteiger partial charge in [-0.2, -0.15) is 0 Å². The Morgan fingerprint density at radius 1 is 1.41 bits per heavy atom. The van der Waals surface area contributed by atoms with Gasteiger partial charge in [-0.3, -0.25) is 4.79 Å². The van der Waals surface area contributed by atoms with Gasteiger partial charge in [0, 0.05) is 10.4 Å².